The van der Waals surface area contributed by atoms with Gasteiger partial charge in [0.25, 0.3) is 11.8 Å². The maximum Gasteiger partial charge on any atom is 0.416 e. The van der Waals surface area contributed by atoms with Gasteiger partial charge in [-0.15, -0.1) is 0 Å². The van der Waals surface area contributed by atoms with Crippen molar-refractivity contribution in [3.63, 3.8) is 0 Å². The zero-order valence-corrected chi connectivity index (χ0v) is 17.8. The highest BCUT2D eigenvalue weighted by Crippen LogP contribution is 2.32. The summed E-state index contributed by atoms with van der Waals surface area (Å²) in [6.07, 6.45) is -7.77. The number of hydrogen-bond acceptors (Lipinski definition) is 8. The number of nitrogens with zero attached hydrogens (tertiary/aromatic N) is 2. The van der Waals surface area contributed by atoms with Gasteiger partial charge in [-0.25, -0.2) is 4.98 Å². The number of primary amides is 2. The van der Waals surface area contributed by atoms with E-state index in [9.17, 15) is 27.9 Å². The molecule has 2 aromatic carbocycles. The zero-order valence-electron chi connectivity index (χ0n) is 17.8. The summed E-state index contributed by atoms with van der Waals surface area (Å²) in [6.45, 7) is -0.825. The summed E-state index contributed by atoms with van der Waals surface area (Å²) in [4.78, 5) is 31.4. The molecular formula is C22H19F3N4O6. The van der Waals surface area contributed by atoms with E-state index >= 15 is 0 Å². The summed E-state index contributed by atoms with van der Waals surface area (Å²) in [5.41, 5.74) is 9.76. The fourth-order valence-electron chi connectivity index (χ4n) is 2.81. The third-order valence-corrected chi connectivity index (χ3v) is 4.55. The average molecular weight is 492 g/mol. The first-order valence-electron chi connectivity index (χ1n) is 9.87. The minimum atomic E-state index is -4.46. The molecule has 0 aliphatic heterocycles. The van der Waals surface area contributed by atoms with Crippen molar-refractivity contribution in [2.24, 2.45) is 11.5 Å². The van der Waals surface area contributed by atoms with Crippen molar-refractivity contribution >= 4 is 11.8 Å². The molecule has 0 bridgehead atoms. The highest BCUT2D eigenvalue weighted by molar-refractivity contribution is 5.91. The van der Waals surface area contributed by atoms with Crippen LogP contribution in [-0.4, -0.2) is 50.8 Å². The molecule has 0 saturated heterocycles. The number of carbonyl (C=O) groups is 2. The van der Waals surface area contributed by atoms with Gasteiger partial charge in [0.2, 0.25) is 12.0 Å². The van der Waals surface area contributed by atoms with E-state index in [1.807, 2.05) is 0 Å². The van der Waals surface area contributed by atoms with Crippen LogP contribution in [0.2, 0.25) is 0 Å². The molecule has 35 heavy (non-hydrogen) atoms. The van der Waals surface area contributed by atoms with Gasteiger partial charge in [-0.3, -0.25) is 9.59 Å². The van der Waals surface area contributed by atoms with Crippen LogP contribution in [0.25, 0.3) is 11.4 Å². The monoisotopic (exact) mass is 492 g/mol. The van der Waals surface area contributed by atoms with E-state index in [-0.39, 0.29) is 28.9 Å². The van der Waals surface area contributed by atoms with Gasteiger partial charge in [0.1, 0.15) is 23.3 Å². The second-order valence-corrected chi connectivity index (χ2v) is 7.12. The van der Waals surface area contributed by atoms with Gasteiger partial charge in [-0.1, -0.05) is 0 Å². The lowest BCUT2D eigenvalue weighted by Crippen LogP contribution is -2.45. The molecule has 13 heteroatoms. The summed E-state index contributed by atoms with van der Waals surface area (Å²) in [5.74, 6) is -1.91. The van der Waals surface area contributed by atoms with E-state index in [1.54, 1.807) is 0 Å². The van der Waals surface area contributed by atoms with Crippen molar-refractivity contribution in [3.8, 4) is 28.8 Å². The Bertz CT molecular complexity index is 1200. The van der Waals surface area contributed by atoms with Crippen LogP contribution >= 0.6 is 0 Å². The van der Waals surface area contributed by atoms with Crippen molar-refractivity contribution < 1.29 is 42.4 Å². The van der Waals surface area contributed by atoms with Crippen molar-refractivity contribution in [1.29, 1.82) is 0 Å². The number of aliphatic hydroxyl groups excluding tert-OH is 2. The molecule has 0 aliphatic carbocycles. The van der Waals surface area contributed by atoms with Crippen molar-refractivity contribution in [1.82, 2.24) is 9.97 Å². The Morgan fingerprint density at radius 2 is 1.54 bits per heavy atom. The number of ether oxygens (including phenoxy) is 2. The molecular weight excluding hydrogens is 473 g/mol. The molecule has 3 rings (SSSR count). The second-order valence-electron chi connectivity index (χ2n) is 7.12. The molecule has 1 heterocycles. The largest absolute Gasteiger partial charge is 0.461 e. The van der Waals surface area contributed by atoms with E-state index in [4.69, 9.17) is 26.0 Å². The smallest absolute Gasteiger partial charge is 0.416 e. The summed E-state index contributed by atoms with van der Waals surface area (Å²) in [5, 5.41) is 18.8. The standard InChI is InChI=1S/C22H19F3N4O6/c23-22(24,25)12-3-7-14(8-4-12)34-13-5-1-11(2-6-13)21-28-15(19(26)32)9-17(29-21)35-18(20(27)33)16(31)10-30/h1-9,16,18,30-31H,10H2,(H2,26,32)(H2,27,33)/t16?,18-/m0/s1. The van der Waals surface area contributed by atoms with Crippen molar-refractivity contribution in [2.75, 3.05) is 6.61 Å². The number of aliphatic hydroxyl groups is 2. The number of nitrogens with two attached hydrogens (primary N) is 2. The number of rotatable bonds is 9. The maximum atomic E-state index is 12.7. The predicted molar refractivity (Wildman–Crippen MR) is 114 cm³/mol. The van der Waals surface area contributed by atoms with Crippen LogP contribution in [0.15, 0.2) is 54.6 Å². The Morgan fingerprint density at radius 1 is 0.971 bits per heavy atom. The Balaban J connectivity index is 1.85. The van der Waals surface area contributed by atoms with E-state index in [0.29, 0.717) is 5.56 Å². The third-order valence-electron chi connectivity index (χ3n) is 4.55. The van der Waals surface area contributed by atoms with Crippen LogP contribution in [-0.2, 0) is 11.0 Å². The number of halogens is 3. The summed E-state index contributed by atoms with van der Waals surface area (Å²) in [6, 6.07) is 11.1. The molecule has 0 fully saturated rings. The van der Waals surface area contributed by atoms with Crippen LogP contribution in [0.5, 0.6) is 17.4 Å². The molecule has 10 nitrogen and oxygen atoms in total. The van der Waals surface area contributed by atoms with Gasteiger partial charge < -0.3 is 31.2 Å². The number of benzene rings is 2. The van der Waals surface area contributed by atoms with Gasteiger partial charge in [-0.05, 0) is 48.5 Å². The fourth-order valence-corrected chi connectivity index (χ4v) is 2.81. The minimum absolute atomic E-state index is 0.0425. The van der Waals surface area contributed by atoms with Crippen LogP contribution < -0.4 is 20.9 Å². The van der Waals surface area contributed by atoms with Crippen molar-refractivity contribution in [2.45, 2.75) is 18.4 Å². The van der Waals surface area contributed by atoms with Gasteiger partial charge in [-0.2, -0.15) is 18.2 Å². The van der Waals surface area contributed by atoms with E-state index < -0.39 is 42.4 Å². The first-order chi connectivity index (χ1) is 16.5. The first kappa shape index (κ1) is 25.4. The number of hydrogen-bond donors (Lipinski definition) is 4. The average Bonchev–Trinajstić information content (AvgIpc) is 2.82. The third kappa shape index (κ3) is 6.43. The summed E-state index contributed by atoms with van der Waals surface area (Å²) < 4.78 is 48.9. The molecule has 2 amide bonds. The Labute approximate surface area is 195 Å². The van der Waals surface area contributed by atoms with Crippen molar-refractivity contribution in [3.05, 3.63) is 65.9 Å². The maximum absolute atomic E-state index is 12.7. The SMILES string of the molecule is NC(=O)c1cc(O[C@H](C(N)=O)C(O)CO)nc(-c2ccc(Oc3ccc(C(F)(F)F)cc3)cc2)n1. The minimum Gasteiger partial charge on any atom is -0.461 e. The molecule has 3 aromatic rings. The summed E-state index contributed by atoms with van der Waals surface area (Å²) >= 11 is 0. The number of aromatic nitrogens is 2. The van der Waals surface area contributed by atoms with E-state index in [2.05, 4.69) is 9.97 Å². The quantitative estimate of drug-likeness (QED) is 0.349. The molecule has 0 spiro atoms. The molecule has 0 aliphatic rings. The van der Waals surface area contributed by atoms with Gasteiger partial charge in [0.05, 0.1) is 12.2 Å². The fraction of sp³-hybridized carbons (Fsp3) is 0.182. The van der Waals surface area contributed by atoms with E-state index in [1.165, 1.54) is 36.4 Å². The lowest BCUT2D eigenvalue weighted by Gasteiger charge is -2.19. The lowest BCUT2D eigenvalue weighted by molar-refractivity contribution is -0.137. The topological polar surface area (TPSA) is 171 Å². The van der Waals surface area contributed by atoms with Crippen LogP contribution in [0.1, 0.15) is 16.1 Å². The summed E-state index contributed by atoms with van der Waals surface area (Å²) in [7, 11) is 0. The number of alkyl halides is 3. The van der Waals surface area contributed by atoms with Crippen LogP contribution in [0, 0.1) is 0 Å². The van der Waals surface area contributed by atoms with Gasteiger partial charge in [0, 0.05) is 11.6 Å². The lowest BCUT2D eigenvalue weighted by atomic mass is 10.2. The highest BCUT2D eigenvalue weighted by Gasteiger charge is 2.30. The molecule has 1 unspecified atom stereocenters. The van der Waals surface area contributed by atoms with Gasteiger partial charge in [0.15, 0.2) is 5.82 Å². The molecule has 0 saturated carbocycles. The highest BCUT2D eigenvalue weighted by atomic mass is 19.4. The zero-order chi connectivity index (χ0) is 25.8. The Kier molecular flexibility index (Phi) is 7.52. The molecule has 1 aromatic heterocycles. The molecule has 184 valence electrons. The predicted octanol–water partition coefficient (Wildman–Crippen LogP) is 1.64. The first-order valence-corrected chi connectivity index (χ1v) is 9.87. The molecule has 6 N–H and O–H groups in total. The Morgan fingerprint density at radius 3 is 2.03 bits per heavy atom. The van der Waals surface area contributed by atoms with Gasteiger partial charge >= 0.3 is 6.18 Å². The Hall–Kier alpha value is -4.23. The molecule has 2 atom stereocenters. The van der Waals surface area contributed by atoms with E-state index in [0.717, 1.165) is 18.2 Å². The van der Waals surface area contributed by atoms with Crippen LogP contribution in [0.4, 0.5) is 13.2 Å². The molecule has 0 radical (unpaired) electrons. The number of carbonyl (C=O) groups excluding carboxylic acids is 2. The second kappa shape index (κ2) is 10.4. The normalized spacial score (nSPS) is 13.1. The van der Waals surface area contributed by atoms with Crippen LogP contribution in [0.3, 0.4) is 0 Å². The number of amides is 2.